The number of benzene rings is 2. The molecular weight excluding hydrogens is 492 g/mol. The fourth-order valence-corrected chi connectivity index (χ4v) is 4.14. The van der Waals surface area contributed by atoms with Crippen LogP contribution in [0.25, 0.3) is 0 Å². The second-order valence-electron chi connectivity index (χ2n) is 9.38. The number of carboxylic acid groups (broad SMARTS) is 2. The number of hydrogen-bond acceptors (Lipinski definition) is 7. The summed E-state index contributed by atoms with van der Waals surface area (Å²) in [6.45, 7) is 5.99. The van der Waals surface area contributed by atoms with Crippen molar-refractivity contribution in [2.24, 2.45) is 11.8 Å². The Morgan fingerprint density at radius 1 is 1.00 bits per heavy atom. The van der Waals surface area contributed by atoms with E-state index in [1.807, 2.05) is 62.4 Å². The van der Waals surface area contributed by atoms with Crippen molar-refractivity contribution in [2.45, 2.75) is 51.7 Å². The van der Waals surface area contributed by atoms with Crippen LogP contribution in [0.1, 0.15) is 38.3 Å². The van der Waals surface area contributed by atoms with Gasteiger partial charge in [0.1, 0.15) is 24.2 Å². The van der Waals surface area contributed by atoms with E-state index < -0.39 is 23.5 Å². The van der Waals surface area contributed by atoms with Gasteiger partial charge < -0.3 is 29.2 Å². The molecule has 9 nitrogen and oxygen atoms in total. The van der Waals surface area contributed by atoms with Gasteiger partial charge in [0.25, 0.3) is 0 Å². The van der Waals surface area contributed by atoms with Crippen molar-refractivity contribution in [2.75, 3.05) is 13.2 Å². The first-order valence-electron chi connectivity index (χ1n) is 12.6. The van der Waals surface area contributed by atoms with E-state index in [1.54, 1.807) is 13.0 Å². The van der Waals surface area contributed by atoms with Crippen molar-refractivity contribution in [1.82, 2.24) is 0 Å². The quantitative estimate of drug-likeness (QED) is 0.561. The van der Waals surface area contributed by atoms with Gasteiger partial charge in [-0.25, -0.2) is 4.79 Å². The molecule has 0 radical (unpaired) electrons. The maximum Gasteiger partial charge on any atom is 0.348 e. The van der Waals surface area contributed by atoms with Crippen LogP contribution >= 0.6 is 0 Å². The molecule has 0 bridgehead atoms. The molecule has 3 aliphatic heterocycles. The van der Waals surface area contributed by atoms with E-state index in [0.717, 1.165) is 22.6 Å². The van der Waals surface area contributed by atoms with Crippen molar-refractivity contribution in [1.29, 1.82) is 0 Å². The summed E-state index contributed by atoms with van der Waals surface area (Å²) in [6, 6.07) is 15.4. The van der Waals surface area contributed by atoms with E-state index >= 15 is 0 Å². The monoisotopic (exact) mass is 526 g/mol. The van der Waals surface area contributed by atoms with Crippen LogP contribution in [0.5, 0.6) is 11.5 Å². The summed E-state index contributed by atoms with van der Waals surface area (Å²) in [5.41, 5.74) is 1.07. The predicted molar refractivity (Wildman–Crippen MR) is 138 cm³/mol. The van der Waals surface area contributed by atoms with Gasteiger partial charge in [-0.05, 0) is 62.9 Å². The highest BCUT2D eigenvalue weighted by Crippen LogP contribution is 2.31. The van der Waals surface area contributed by atoms with Gasteiger partial charge in [0.15, 0.2) is 0 Å². The predicted octanol–water partition coefficient (Wildman–Crippen LogP) is 4.28. The van der Waals surface area contributed by atoms with E-state index in [1.165, 1.54) is 6.26 Å². The molecule has 0 saturated carbocycles. The van der Waals surface area contributed by atoms with Crippen LogP contribution in [0.15, 0.2) is 60.9 Å². The van der Waals surface area contributed by atoms with Gasteiger partial charge >= 0.3 is 17.9 Å². The van der Waals surface area contributed by atoms with E-state index in [9.17, 15) is 14.4 Å². The third-order valence-electron chi connectivity index (χ3n) is 6.49. The molecular formula is C29H34O9. The van der Waals surface area contributed by atoms with Gasteiger partial charge in [-0.15, -0.1) is 0 Å². The Kier molecular flexibility index (Phi) is 9.76. The van der Waals surface area contributed by atoms with Crippen molar-refractivity contribution in [3.05, 3.63) is 72.0 Å². The molecule has 3 heterocycles. The molecule has 2 aromatic carbocycles. The molecule has 0 spiro atoms. The van der Waals surface area contributed by atoms with Crippen LogP contribution < -0.4 is 9.47 Å². The molecule has 3 aliphatic rings. The molecule has 38 heavy (non-hydrogen) atoms. The Morgan fingerprint density at radius 3 is 2.18 bits per heavy atom. The van der Waals surface area contributed by atoms with Gasteiger partial charge in [-0.2, -0.15) is 0 Å². The first-order valence-corrected chi connectivity index (χ1v) is 12.6. The first kappa shape index (κ1) is 28.6. The molecule has 204 valence electrons. The minimum atomic E-state index is -1.00. The number of aliphatic carboxylic acids is 2. The Labute approximate surface area is 222 Å². The third-order valence-corrected chi connectivity index (χ3v) is 6.49. The fraction of sp³-hybridized carbons (Fsp3) is 0.414. The topological polar surface area (TPSA) is 129 Å². The lowest BCUT2D eigenvalue weighted by Crippen LogP contribution is -2.37. The number of esters is 1. The molecule has 0 aliphatic carbocycles. The Bertz CT molecular complexity index is 1150. The smallest absolute Gasteiger partial charge is 0.348 e. The Morgan fingerprint density at radius 2 is 1.63 bits per heavy atom. The van der Waals surface area contributed by atoms with Crippen LogP contribution in [0.2, 0.25) is 0 Å². The third kappa shape index (κ3) is 7.27. The second-order valence-corrected chi connectivity index (χ2v) is 9.38. The molecule has 2 N–H and O–H groups in total. The highest BCUT2D eigenvalue weighted by Gasteiger charge is 2.36. The second kappa shape index (κ2) is 13.0. The first-order chi connectivity index (χ1) is 18.1. The molecule has 4 atom stereocenters. The number of carbonyl (C=O) groups excluding carboxylic acids is 1. The van der Waals surface area contributed by atoms with Gasteiger partial charge in [0.05, 0.1) is 24.7 Å². The summed E-state index contributed by atoms with van der Waals surface area (Å²) >= 11 is 0. The lowest BCUT2D eigenvalue weighted by molar-refractivity contribution is -0.155. The maximum atomic E-state index is 11.7. The number of para-hydroxylation sites is 2. The zero-order valence-corrected chi connectivity index (χ0v) is 21.8. The minimum absolute atomic E-state index is 0.117. The number of carbonyl (C=O) groups is 3. The number of hydrogen-bond donors (Lipinski definition) is 2. The molecule has 5 rings (SSSR count). The lowest BCUT2D eigenvalue weighted by atomic mass is 9.91. The van der Waals surface area contributed by atoms with E-state index in [4.69, 9.17) is 29.2 Å². The van der Waals surface area contributed by atoms with Crippen molar-refractivity contribution >= 4 is 17.9 Å². The zero-order valence-electron chi connectivity index (χ0n) is 21.8. The van der Waals surface area contributed by atoms with Gasteiger partial charge in [-0.3, -0.25) is 9.59 Å². The Balaban J connectivity index is 0.000000164. The van der Waals surface area contributed by atoms with Crippen molar-refractivity contribution < 1.29 is 43.5 Å². The lowest BCUT2D eigenvalue weighted by Gasteiger charge is -2.29. The summed E-state index contributed by atoms with van der Waals surface area (Å²) < 4.78 is 20.9. The average Bonchev–Trinajstić information content (AvgIpc) is 3.37. The summed E-state index contributed by atoms with van der Waals surface area (Å²) in [4.78, 5) is 32.8. The fourth-order valence-electron chi connectivity index (χ4n) is 4.14. The standard InChI is InChI=1S/C13H16O3.C10H10O3.C6H8O3/c1-3-15-13(14)11-8-10-6-4-5-7-12(10)16-9(11)2;11-10(12)8-5-7-3-1-2-4-9(7)13-6-8;1-6(5(7)8)3-2-4-9-6/h4-7,9,11H,3,8H2,1-2H3;1-4,8H,5-6H2,(H,11,12);2,4H,3H2,1H3,(H,7,8). The maximum absolute atomic E-state index is 11.7. The van der Waals surface area contributed by atoms with Gasteiger partial charge in [0, 0.05) is 6.42 Å². The van der Waals surface area contributed by atoms with E-state index in [2.05, 4.69) is 0 Å². The molecule has 0 saturated heterocycles. The van der Waals surface area contributed by atoms with Crippen LogP contribution in [0, 0.1) is 11.8 Å². The van der Waals surface area contributed by atoms with Crippen LogP contribution in [0.3, 0.4) is 0 Å². The average molecular weight is 527 g/mol. The molecule has 0 fully saturated rings. The van der Waals surface area contributed by atoms with Crippen molar-refractivity contribution in [3.8, 4) is 11.5 Å². The molecule has 9 heteroatoms. The van der Waals surface area contributed by atoms with Crippen LogP contribution in [0.4, 0.5) is 0 Å². The minimum Gasteiger partial charge on any atom is -0.492 e. The SMILES string of the molecule is CC1(C(=O)O)CC=CO1.CCOC(=O)C1Cc2ccccc2OC1C.O=C(O)C1COc2ccccc2C1. The normalized spacial score (nSPS) is 24.2. The van der Waals surface area contributed by atoms with Crippen molar-refractivity contribution in [3.63, 3.8) is 0 Å². The van der Waals surface area contributed by atoms with Gasteiger partial charge in [-0.1, -0.05) is 36.4 Å². The molecule has 0 aromatic heterocycles. The number of ether oxygens (including phenoxy) is 4. The summed E-state index contributed by atoms with van der Waals surface area (Å²) in [7, 11) is 0. The number of fused-ring (bicyclic) bond motifs is 2. The summed E-state index contributed by atoms with van der Waals surface area (Å²) in [5, 5.41) is 17.3. The summed E-state index contributed by atoms with van der Waals surface area (Å²) in [6.07, 6.45) is 4.75. The molecule has 2 aromatic rings. The molecule has 0 amide bonds. The largest absolute Gasteiger partial charge is 0.492 e. The van der Waals surface area contributed by atoms with E-state index in [0.29, 0.717) is 25.9 Å². The van der Waals surface area contributed by atoms with Crippen LogP contribution in [-0.4, -0.2) is 53.0 Å². The summed E-state index contributed by atoms with van der Waals surface area (Å²) in [5.74, 6) is -0.730. The van der Waals surface area contributed by atoms with Crippen LogP contribution in [-0.2, 0) is 36.7 Å². The number of carboxylic acids is 2. The highest BCUT2D eigenvalue weighted by atomic mass is 16.5. The Hall–Kier alpha value is -4.01. The van der Waals surface area contributed by atoms with E-state index in [-0.39, 0.29) is 24.6 Å². The molecule has 4 unspecified atom stereocenters. The zero-order chi connectivity index (χ0) is 27.7. The van der Waals surface area contributed by atoms with Gasteiger partial charge in [0.2, 0.25) is 5.60 Å². The number of rotatable bonds is 4. The highest BCUT2D eigenvalue weighted by molar-refractivity contribution is 5.77.